The second kappa shape index (κ2) is 7.04. The molecule has 1 aliphatic heterocycles. The first kappa shape index (κ1) is 12.8. The zero-order valence-electron chi connectivity index (χ0n) is 9.51. The molecule has 0 aromatic heterocycles. The van der Waals surface area contributed by atoms with Gasteiger partial charge in [-0.3, -0.25) is 0 Å². The number of alkyl halides is 2. The first-order valence-corrected chi connectivity index (χ1v) is 8.91. The molecule has 1 saturated heterocycles. The standard InChI is InChI=1S/C12H24IO/c1-10(2)6-12(9-14)7-11-4-3-5-13-8-11/h10-12,14H,3-9H2,1-2H3/q-1. The van der Waals surface area contributed by atoms with Gasteiger partial charge in [0.05, 0.1) is 0 Å². The van der Waals surface area contributed by atoms with Crippen molar-refractivity contribution in [2.45, 2.75) is 39.5 Å². The molecular formula is C12H24IO-. The van der Waals surface area contributed by atoms with Crippen LogP contribution in [0.2, 0.25) is 0 Å². The van der Waals surface area contributed by atoms with Crippen LogP contribution in [0.3, 0.4) is 0 Å². The van der Waals surface area contributed by atoms with Crippen molar-refractivity contribution in [1.82, 2.24) is 0 Å². The molecule has 1 rings (SSSR count). The van der Waals surface area contributed by atoms with E-state index in [1.807, 2.05) is 0 Å². The SMILES string of the molecule is CC(C)CC(CO)CC1CCC[I-]C1. The van der Waals surface area contributed by atoms with Gasteiger partial charge < -0.3 is 0 Å². The van der Waals surface area contributed by atoms with Gasteiger partial charge in [0.15, 0.2) is 0 Å². The Hall–Kier alpha value is 0.690. The van der Waals surface area contributed by atoms with Gasteiger partial charge in [0, 0.05) is 0 Å². The van der Waals surface area contributed by atoms with Crippen LogP contribution in [0, 0.1) is 17.8 Å². The summed E-state index contributed by atoms with van der Waals surface area (Å²) in [4.78, 5) is 0. The topological polar surface area (TPSA) is 20.2 Å². The molecule has 0 bridgehead atoms. The maximum atomic E-state index is 9.31. The molecule has 1 fully saturated rings. The van der Waals surface area contributed by atoms with Crippen molar-refractivity contribution in [2.24, 2.45) is 17.8 Å². The summed E-state index contributed by atoms with van der Waals surface area (Å²) in [6.45, 7) is 4.93. The molecule has 0 aromatic rings. The van der Waals surface area contributed by atoms with Crippen molar-refractivity contribution in [3.8, 4) is 0 Å². The molecule has 86 valence electrons. The van der Waals surface area contributed by atoms with Crippen LogP contribution < -0.4 is 21.2 Å². The van der Waals surface area contributed by atoms with Crippen LogP contribution >= 0.6 is 0 Å². The third-order valence-corrected chi connectivity index (χ3v) is 6.33. The van der Waals surface area contributed by atoms with Crippen LogP contribution in [0.4, 0.5) is 0 Å². The van der Waals surface area contributed by atoms with E-state index in [0.717, 1.165) is 11.8 Å². The summed E-state index contributed by atoms with van der Waals surface area (Å²) in [5.74, 6) is 2.29. The summed E-state index contributed by atoms with van der Waals surface area (Å²) in [5, 5.41) is 9.31. The van der Waals surface area contributed by atoms with E-state index in [1.165, 1.54) is 30.1 Å². The van der Waals surface area contributed by atoms with Gasteiger partial charge in [-0.2, -0.15) is 0 Å². The Kier molecular flexibility index (Phi) is 6.42. The van der Waals surface area contributed by atoms with Gasteiger partial charge >= 0.3 is 99.1 Å². The average molecular weight is 311 g/mol. The minimum absolute atomic E-state index is 0.410. The molecule has 0 aromatic carbocycles. The number of halogens is 1. The molecular weight excluding hydrogens is 287 g/mol. The van der Waals surface area contributed by atoms with Gasteiger partial charge in [-0.05, 0) is 0 Å². The van der Waals surface area contributed by atoms with E-state index in [0.29, 0.717) is 33.7 Å². The van der Waals surface area contributed by atoms with Crippen LogP contribution in [0.1, 0.15) is 39.5 Å². The molecule has 14 heavy (non-hydrogen) atoms. The van der Waals surface area contributed by atoms with E-state index in [4.69, 9.17) is 0 Å². The first-order chi connectivity index (χ1) is 6.72. The number of aliphatic hydroxyl groups is 1. The first-order valence-electron chi connectivity index (χ1n) is 5.86. The van der Waals surface area contributed by atoms with Gasteiger partial charge in [0.2, 0.25) is 0 Å². The molecule has 0 spiro atoms. The second-order valence-corrected chi connectivity index (χ2v) is 7.99. The second-order valence-electron chi connectivity index (χ2n) is 4.95. The molecule has 2 atom stereocenters. The third kappa shape index (κ3) is 4.96. The van der Waals surface area contributed by atoms with Crippen LogP contribution in [0.15, 0.2) is 0 Å². The Morgan fingerprint density at radius 2 is 2.21 bits per heavy atom. The molecule has 0 saturated carbocycles. The number of hydrogen-bond donors (Lipinski definition) is 1. The van der Waals surface area contributed by atoms with Crippen molar-refractivity contribution >= 4 is 0 Å². The van der Waals surface area contributed by atoms with E-state index in [2.05, 4.69) is 13.8 Å². The molecule has 0 amide bonds. The van der Waals surface area contributed by atoms with E-state index in [-0.39, 0.29) is 0 Å². The molecule has 1 aliphatic rings. The average Bonchev–Trinajstić information content (AvgIpc) is 2.17. The van der Waals surface area contributed by atoms with E-state index in [9.17, 15) is 5.11 Å². The van der Waals surface area contributed by atoms with Crippen LogP contribution in [-0.4, -0.2) is 20.6 Å². The van der Waals surface area contributed by atoms with Crippen molar-refractivity contribution in [3.05, 3.63) is 0 Å². The fourth-order valence-corrected chi connectivity index (χ4v) is 5.43. The predicted molar refractivity (Wildman–Crippen MR) is 57.1 cm³/mol. The molecule has 1 heterocycles. The molecule has 1 nitrogen and oxygen atoms in total. The van der Waals surface area contributed by atoms with Gasteiger partial charge in [-0.25, -0.2) is 0 Å². The quantitative estimate of drug-likeness (QED) is 0.538. The zero-order chi connectivity index (χ0) is 10.4. The molecule has 0 aliphatic carbocycles. The molecule has 2 unspecified atom stereocenters. The van der Waals surface area contributed by atoms with E-state index < -0.39 is 0 Å². The van der Waals surface area contributed by atoms with Gasteiger partial charge in [-0.1, -0.05) is 0 Å². The Bertz CT molecular complexity index is 141. The monoisotopic (exact) mass is 311 g/mol. The van der Waals surface area contributed by atoms with Crippen molar-refractivity contribution < 1.29 is 26.3 Å². The summed E-state index contributed by atoms with van der Waals surface area (Å²) in [5.41, 5.74) is 0. The van der Waals surface area contributed by atoms with E-state index >= 15 is 0 Å². The fraction of sp³-hybridized carbons (Fsp3) is 1.00. The van der Waals surface area contributed by atoms with Crippen molar-refractivity contribution in [2.75, 3.05) is 15.5 Å². The Labute approximate surface area is 98.9 Å². The number of rotatable bonds is 5. The minimum atomic E-state index is 0.410. The molecule has 0 radical (unpaired) electrons. The zero-order valence-corrected chi connectivity index (χ0v) is 11.7. The van der Waals surface area contributed by atoms with Crippen molar-refractivity contribution in [3.63, 3.8) is 0 Å². The molecule has 1 N–H and O–H groups in total. The van der Waals surface area contributed by atoms with Crippen LogP contribution in [-0.2, 0) is 0 Å². The summed E-state index contributed by atoms with van der Waals surface area (Å²) in [7, 11) is 0. The summed E-state index contributed by atoms with van der Waals surface area (Å²) in [6.07, 6.45) is 5.42. The number of hydrogen-bond acceptors (Lipinski definition) is 1. The molecule has 2 heteroatoms. The Morgan fingerprint density at radius 3 is 2.71 bits per heavy atom. The van der Waals surface area contributed by atoms with Crippen LogP contribution in [0.25, 0.3) is 0 Å². The van der Waals surface area contributed by atoms with Crippen molar-refractivity contribution in [1.29, 1.82) is 0 Å². The Balaban J connectivity index is 2.23. The predicted octanol–water partition coefficient (Wildman–Crippen LogP) is -0.470. The van der Waals surface area contributed by atoms with Gasteiger partial charge in [0.25, 0.3) is 0 Å². The van der Waals surface area contributed by atoms with Gasteiger partial charge in [-0.15, -0.1) is 0 Å². The summed E-state index contributed by atoms with van der Waals surface area (Å²) < 4.78 is 3.07. The third-order valence-electron chi connectivity index (χ3n) is 2.94. The van der Waals surface area contributed by atoms with E-state index in [1.54, 1.807) is 4.43 Å². The number of aliphatic hydroxyl groups excluding tert-OH is 1. The fourth-order valence-electron chi connectivity index (χ4n) is 2.33. The Morgan fingerprint density at radius 1 is 1.43 bits per heavy atom. The summed E-state index contributed by atoms with van der Waals surface area (Å²) in [6, 6.07) is 0. The normalized spacial score (nSPS) is 25.9. The summed E-state index contributed by atoms with van der Waals surface area (Å²) >= 11 is 0.535. The maximum absolute atomic E-state index is 9.31. The van der Waals surface area contributed by atoms with Crippen LogP contribution in [0.5, 0.6) is 0 Å². The van der Waals surface area contributed by atoms with Gasteiger partial charge in [0.1, 0.15) is 0 Å².